The van der Waals surface area contributed by atoms with Crippen molar-refractivity contribution in [2.45, 2.75) is 109 Å². The molecule has 3 N–H and O–H groups in total. The number of hydrogen-bond acceptors (Lipinski definition) is 12. The summed E-state index contributed by atoms with van der Waals surface area (Å²) in [5, 5.41) is 22.6. The molecule has 3 aliphatic heterocycles. The molecule has 0 radical (unpaired) electrons. The minimum atomic E-state index is -1.12. The number of carboxylic acid groups (broad SMARTS) is 1. The molecule has 1 unspecified atom stereocenters. The van der Waals surface area contributed by atoms with Gasteiger partial charge in [-0.2, -0.15) is 5.10 Å². The standard InChI is InChI=1S/C60H65N9O7S/c1-35-39(52-44(60(2,3)4)33-49(62-54(52)58(74)75)69-28-27-37-11-8-13-40(43(37)34-69)56(72)64-59-61-45-15-6-7-18-48(45)77-59)12-10-17-47(35)76-38-22-19-36(20-23-38)21-26-51(71)68-31-29-67(30-32-68)46-16-9-14-41-53(65-66(5)55(41)46)42-24-25-50(70)63-57(42)73/h6-18,33,36,38,42H,19-32,34H2,1-5H3,(H,74,75)(H,61,64,72)(H,63,70,73). The number of pyridine rings is 1. The number of carbonyl (C=O) groups excluding carboxylic acids is 4. The number of benzene rings is 4. The smallest absolute Gasteiger partial charge is 0.355 e. The highest BCUT2D eigenvalue weighted by Gasteiger charge is 2.35. The molecular formula is C60H65N9O7S. The molecule has 1 saturated carbocycles. The van der Waals surface area contributed by atoms with Gasteiger partial charge >= 0.3 is 5.97 Å². The van der Waals surface area contributed by atoms with E-state index in [0.29, 0.717) is 98.6 Å². The third-order valence-electron chi connectivity index (χ3n) is 16.2. The molecular weight excluding hydrogens is 991 g/mol. The van der Waals surface area contributed by atoms with Gasteiger partial charge in [0, 0.05) is 75.7 Å². The molecule has 77 heavy (non-hydrogen) atoms. The molecule has 0 spiro atoms. The highest BCUT2D eigenvalue weighted by Crippen LogP contribution is 2.43. The van der Waals surface area contributed by atoms with E-state index in [-0.39, 0.29) is 35.4 Å². The van der Waals surface area contributed by atoms with Crippen molar-refractivity contribution >= 4 is 78.7 Å². The number of carboxylic acids is 1. The van der Waals surface area contributed by atoms with Crippen LogP contribution in [0.5, 0.6) is 5.75 Å². The Hall–Kier alpha value is -7.66. The van der Waals surface area contributed by atoms with Gasteiger partial charge in [-0.1, -0.05) is 80.6 Å². The Morgan fingerprint density at radius 1 is 0.857 bits per heavy atom. The molecule has 17 heteroatoms. The average molecular weight is 1060 g/mol. The summed E-state index contributed by atoms with van der Waals surface area (Å²) in [4.78, 5) is 81.3. The SMILES string of the molecule is Cc1c(OC2CCC(CCC(=O)N3CCN(c4cccc5c(C6CCC(=O)NC6=O)nn(C)c45)CC3)CC2)cccc1-c1c(C(C)(C)C)cc(N2CCc3cccc(C(=O)Nc4nc5ccccc5s4)c3C2)nc1C(=O)O. The number of piperidine rings is 1. The molecule has 3 fully saturated rings. The van der Waals surface area contributed by atoms with Gasteiger partial charge in [-0.15, -0.1) is 0 Å². The van der Waals surface area contributed by atoms with Gasteiger partial charge < -0.3 is 24.5 Å². The number of aromatic nitrogens is 4. The summed E-state index contributed by atoms with van der Waals surface area (Å²) in [7, 11) is 1.89. The van der Waals surface area contributed by atoms with Crippen molar-refractivity contribution < 1.29 is 33.8 Å². The zero-order valence-electron chi connectivity index (χ0n) is 44.4. The van der Waals surface area contributed by atoms with Crippen LogP contribution >= 0.6 is 11.3 Å². The van der Waals surface area contributed by atoms with Crippen LogP contribution in [0.4, 0.5) is 16.6 Å². The Morgan fingerprint density at radius 3 is 2.38 bits per heavy atom. The number of rotatable bonds is 12. The number of imide groups is 1. The Bertz CT molecular complexity index is 3440. The molecule has 2 saturated heterocycles. The van der Waals surface area contributed by atoms with E-state index >= 15 is 0 Å². The van der Waals surface area contributed by atoms with Crippen LogP contribution in [-0.4, -0.2) is 98.2 Å². The summed E-state index contributed by atoms with van der Waals surface area (Å²) in [5.41, 5.74) is 8.57. The summed E-state index contributed by atoms with van der Waals surface area (Å²) < 4.78 is 9.60. The van der Waals surface area contributed by atoms with Gasteiger partial charge in [0.15, 0.2) is 10.8 Å². The number of carbonyl (C=O) groups is 5. The lowest BCUT2D eigenvalue weighted by Gasteiger charge is -2.37. The van der Waals surface area contributed by atoms with Gasteiger partial charge in [-0.3, -0.25) is 34.5 Å². The largest absolute Gasteiger partial charge is 0.490 e. The molecule has 11 rings (SSSR count). The minimum Gasteiger partial charge on any atom is -0.490 e. The summed E-state index contributed by atoms with van der Waals surface area (Å²) in [6, 6.07) is 27.5. The third-order valence-corrected chi connectivity index (χ3v) is 17.1. The fourth-order valence-corrected chi connectivity index (χ4v) is 12.9. The fraction of sp³-hybridized carbons (Fsp3) is 0.400. The number of amides is 4. The second-order valence-corrected chi connectivity index (χ2v) is 23.2. The Labute approximate surface area is 451 Å². The second-order valence-electron chi connectivity index (χ2n) is 22.1. The van der Waals surface area contributed by atoms with Crippen LogP contribution in [0.2, 0.25) is 0 Å². The first-order valence-corrected chi connectivity index (χ1v) is 27.8. The zero-order valence-corrected chi connectivity index (χ0v) is 45.2. The summed E-state index contributed by atoms with van der Waals surface area (Å²) in [5.74, 6) is -0.495. The molecule has 7 aromatic rings. The lowest BCUT2D eigenvalue weighted by molar-refractivity contribution is -0.134. The van der Waals surface area contributed by atoms with E-state index in [0.717, 1.165) is 92.5 Å². The number of ether oxygens (including phenoxy) is 1. The summed E-state index contributed by atoms with van der Waals surface area (Å²) in [6.07, 6.45) is 6.37. The number of fused-ring (bicyclic) bond motifs is 3. The molecule has 4 amide bonds. The Balaban J connectivity index is 0.720. The van der Waals surface area contributed by atoms with E-state index in [2.05, 4.69) is 58.3 Å². The maximum absolute atomic E-state index is 13.9. The van der Waals surface area contributed by atoms with Crippen molar-refractivity contribution in [3.8, 4) is 16.9 Å². The summed E-state index contributed by atoms with van der Waals surface area (Å²) >= 11 is 1.43. The minimum absolute atomic E-state index is 0.00958. The van der Waals surface area contributed by atoms with Crippen molar-refractivity contribution in [3.63, 3.8) is 0 Å². The quantitative estimate of drug-likeness (QED) is 0.0983. The Morgan fingerprint density at radius 2 is 1.62 bits per heavy atom. The second kappa shape index (κ2) is 21.0. The van der Waals surface area contributed by atoms with E-state index in [1.54, 1.807) is 0 Å². The monoisotopic (exact) mass is 1060 g/mol. The number of anilines is 3. The van der Waals surface area contributed by atoms with Gasteiger partial charge in [0.05, 0.1) is 39.1 Å². The predicted octanol–water partition coefficient (Wildman–Crippen LogP) is 9.95. The van der Waals surface area contributed by atoms with Crippen LogP contribution < -0.4 is 25.2 Å². The van der Waals surface area contributed by atoms with E-state index in [9.17, 15) is 29.1 Å². The number of aromatic carboxylic acids is 1. The van der Waals surface area contributed by atoms with Crippen molar-refractivity contribution in [1.29, 1.82) is 0 Å². The molecule has 1 aliphatic carbocycles. The van der Waals surface area contributed by atoms with Crippen molar-refractivity contribution in [2.75, 3.05) is 47.8 Å². The van der Waals surface area contributed by atoms with Crippen LogP contribution in [0.25, 0.3) is 32.2 Å². The van der Waals surface area contributed by atoms with E-state index < -0.39 is 17.3 Å². The van der Waals surface area contributed by atoms with E-state index in [1.165, 1.54) is 11.3 Å². The molecule has 6 heterocycles. The van der Waals surface area contributed by atoms with Gasteiger partial charge in [-0.25, -0.2) is 14.8 Å². The van der Waals surface area contributed by atoms with E-state index in [1.807, 2.05) is 96.3 Å². The highest BCUT2D eigenvalue weighted by molar-refractivity contribution is 7.22. The van der Waals surface area contributed by atoms with Gasteiger partial charge in [0.2, 0.25) is 17.7 Å². The lowest BCUT2D eigenvalue weighted by atomic mass is 9.80. The molecule has 0 bridgehead atoms. The average Bonchev–Trinajstić information content (AvgIpc) is 4.02. The van der Waals surface area contributed by atoms with Crippen molar-refractivity contribution in [3.05, 3.63) is 124 Å². The van der Waals surface area contributed by atoms with Gasteiger partial charge in [0.1, 0.15) is 11.6 Å². The maximum atomic E-state index is 13.9. The Kier molecular flexibility index (Phi) is 14.1. The first-order valence-electron chi connectivity index (χ1n) is 27.0. The van der Waals surface area contributed by atoms with Crippen molar-refractivity contribution in [2.24, 2.45) is 13.0 Å². The van der Waals surface area contributed by atoms with Crippen LogP contribution in [0.1, 0.15) is 127 Å². The van der Waals surface area contributed by atoms with Crippen LogP contribution in [-0.2, 0) is 39.8 Å². The number of aryl methyl sites for hydroxylation is 1. The fourth-order valence-electron chi connectivity index (χ4n) is 12.0. The van der Waals surface area contributed by atoms with Gasteiger partial charge in [0.25, 0.3) is 5.91 Å². The molecule has 1 atom stereocenters. The number of nitrogens with zero attached hydrogens (tertiary/aromatic N) is 7. The zero-order chi connectivity index (χ0) is 53.7. The first kappa shape index (κ1) is 51.4. The number of para-hydroxylation sites is 2. The number of piperazine rings is 1. The number of nitrogens with one attached hydrogen (secondary N) is 2. The topological polar surface area (TPSA) is 192 Å². The normalized spacial score (nSPS) is 19.1. The first-order chi connectivity index (χ1) is 37.1. The molecule has 4 aromatic carbocycles. The number of hydrogen-bond donors (Lipinski definition) is 3. The predicted molar refractivity (Wildman–Crippen MR) is 299 cm³/mol. The van der Waals surface area contributed by atoms with Crippen LogP contribution in [0.3, 0.4) is 0 Å². The third kappa shape index (κ3) is 10.4. The molecule has 4 aliphatic rings. The highest BCUT2D eigenvalue weighted by atomic mass is 32.1. The lowest BCUT2D eigenvalue weighted by Crippen LogP contribution is -2.49. The molecule has 3 aromatic heterocycles. The maximum Gasteiger partial charge on any atom is 0.355 e. The van der Waals surface area contributed by atoms with Gasteiger partial charge in [-0.05, 0) is 127 Å². The summed E-state index contributed by atoms with van der Waals surface area (Å²) in [6.45, 7) is 11.9. The molecule has 16 nitrogen and oxygen atoms in total. The van der Waals surface area contributed by atoms with Crippen LogP contribution in [0.15, 0.2) is 84.9 Å². The number of thiazole rings is 1. The molecule has 398 valence electrons. The van der Waals surface area contributed by atoms with E-state index in [4.69, 9.17) is 14.8 Å². The van der Waals surface area contributed by atoms with Crippen LogP contribution in [0, 0.1) is 12.8 Å². The van der Waals surface area contributed by atoms with Crippen molar-refractivity contribution in [1.82, 2.24) is 30.0 Å².